The van der Waals surface area contributed by atoms with E-state index in [1.807, 2.05) is 0 Å². The molecule has 8 nitrogen and oxygen atoms in total. The first-order valence-electron chi connectivity index (χ1n) is 9.24. The highest BCUT2D eigenvalue weighted by Gasteiger charge is 2.34. The molecule has 1 atom stereocenters. The number of piperidine rings is 1. The summed E-state index contributed by atoms with van der Waals surface area (Å²) in [7, 11) is -0.0459. The number of likely N-dealkylation sites (tertiary alicyclic amines) is 1. The van der Waals surface area contributed by atoms with E-state index in [-0.39, 0.29) is 11.4 Å². The van der Waals surface area contributed by atoms with Crippen molar-refractivity contribution < 1.29 is 13.2 Å². The third-order valence-corrected chi connectivity index (χ3v) is 7.31. The van der Waals surface area contributed by atoms with E-state index < -0.39 is 10.0 Å². The first kappa shape index (κ1) is 18.4. The number of hydrogen-bond donors (Lipinski definition) is 0. The molecule has 0 aliphatic carbocycles. The van der Waals surface area contributed by atoms with Crippen molar-refractivity contribution in [1.29, 1.82) is 0 Å². The standard InChI is InChI=1S/C18H25N5O3S/c1-21-9-5-6-14(12-21)18-20-19-17-13-22(10-11-23(17)18)27(24,25)16-8-4-3-7-15(16)26-2/h3-4,7-8,14H,5-6,9-13H2,1-2H3/t14-/m1/s1. The summed E-state index contributed by atoms with van der Waals surface area (Å²) < 4.78 is 35.0. The highest BCUT2D eigenvalue weighted by molar-refractivity contribution is 7.89. The van der Waals surface area contributed by atoms with Crippen molar-refractivity contribution in [1.82, 2.24) is 24.0 Å². The lowest BCUT2D eigenvalue weighted by atomic mass is 9.97. The molecule has 27 heavy (non-hydrogen) atoms. The second-order valence-corrected chi connectivity index (χ2v) is 9.12. The summed E-state index contributed by atoms with van der Waals surface area (Å²) in [5.41, 5.74) is 0. The van der Waals surface area contributed by atoms with Crippen LogP contribution in [0.1, 0.15) is 30.4 Å². The molecular formula is C18H25N5O3S. The smallest absolute Gasteiger partial charge is 0.247 e. The van der Waals surface area contributed by atoms with Gasteiger partial charge in [-0.1, -0.05) is 12.1 Å². The van der Waals surface area contributed by atoms with Gasteiger partial charge in [0, 0.05) is 25.6 Å². The maximum Gasteiger partial charge on any atom is 0.247 e. The van der Waals surface area contributed by atoms with Crippen molar-refractivity contribution in [3.8, 4) is 5.75 Å². The van der Waals surface area contributed by atoms with Crippen LogP contribution in [0, 0.1) is 0 Å². The van der Waals surface area contributed by atoms with Gasteiger partial charge in [-0.05, 0) is 38.6 Å². The minimum atomic E-state index is -3.65. The van der Waals surface area contributed by atoms with Crippen molar-refractivity contribution in [2.75, 3.05) is 33.8 Å². The molecule has 1 aromatic heterocycles. The van der Waals surface area contributed by atoms with Gasteiger partial charge in [-0.25, -0.2) is 8.42 Å². The van der Waals surface area contributed by atoms with Gasteiger partial charge in [0.1, 0.15) is 22.3 Å². The molecule has 2 aliphatic heterocycles. The Balaban J connectivity index is 1.59. The van der Waals surface area contributed by atoms with Gasteiger partial charge >= 0.3 is 0 Å². The molecule has 1 fully saturated rings. The average Bonchev–Trinajstić information content (AvgIpc) is 3.11. The molecule has 0 bridgehead atoms. The Labute approximate surface area is 159 Å². The Morgan fingerprint density at radius 2 is 1.96 bits per heavy atom. The molecule has 0 saturated carbocycles. The van der Waals surface area contributed by atoms with Crippen LogP contribution in [0.3, 0.4) is 0 Å². The highest BCUT2D eigenvalue weighted by Crippen LogP contribution is 2.30. The molecule has 2 aliphatic rings. The third kappa shape index (κ3) is 3.35. The average molecular weight is 391 g/mol. The number of sulfonamides is 1. The SMILES string of the molecule is COc1ccccc1S(=O)(=O)N1CCn2c(nnc2[C@@H]2CCCN(C)C2)C1. The lowest BCUT2D eigenvalue weighted by Crippen LogP contribution is -2.39. The second-order valence-electron chi connectivity index (χ2n) is 7.22. The van der Waals surface area contributed by atoms with Crippen LogP contribution in [0.2, 0.25) is 0 Å². The second kappa shape index (κ2) is 7.21. The molecule has 2 aromatic rings. The normalized spacial score (nSPS) is 21.8. The molecule has 146 valence electrons. The van der Waals surface area contributed by atoms with Crippen LogP contribution in [0.5, 0.6) is 5.75 Å². The Morgan fingerprint density at radius 3 is 2.74 bits per heavy atom. The van der Waals surface area contributed by atoms with Gasteiger partial charge in [-0.3, -0.25) is 0 Å². The van der Waals surface area contributed by atoms with Crippen LogP contribution < -0.4 is 4.74 Å². The van der Waals surface area contributed by atoms with Gasteiger partial charge in [0.05, 0.1) is 13.7 Å². The number of fused-ring (bicyclic) bond motifs is 1. The molecule has 3 heterocycles. The predicted octanol–water partition coefficient (Wildman–Crippen LogP) is 1.30. The molecule has 0 N–H and O–H groups in total. The fourth-order valence-corrected chi connectivity index (χ4v) is 5.56. The fourth-order valence-electron chi connectivity index (χ4n) is 4.01. The number of aromatic nitrogens is 3. The van der Waals surface area contributed by atoms with Gasteiger partial charge < -0.3 is 14.2 Å². The van der Waals surface area contributed by atoms with Gasteiger partial charge in [-0.2, -0.15) is 4.31 Å². The van der Waals surface area contributed by atoms with Gasteiger partial charge in [0.15, 0.2) is 0 Å². The van der Waals surface area contributed by atoms with Crippen LogP contribution >= 0.6 is 0 Å². The summed E-state index contributed by atoms with van der Waals surface area (Å²) in [4.78, 5) is 2.51. The number of nitrogens with zero attached hydrogens (tertiary/aromatic N) is 5. The first-order valence-corrected chi connectivity index (χ1v) is 10.7. The van der Waals surface area contributed by atoms with Crippen molar-refractivity contribution in [2.45, 2.75) is 36.7 Å². The fraction of sp³-hybridized carbons (Fsp3) is 0.556. The van der Waals surface area contributed by atoms with Gasteiger partial charge in [0.25, 0.3) is 0 Å². The molecule has 0 spiro atoms. The van der Waals surface area contributed by atoms with Gasteiger partial charge in [0.2, 0.25) is 10.0 Å². The molecule has 9 heteroatoms. The topological polar surface area (TPSA) is 80.6 Å². The van der Waals surface area contributed by atoms with Crippen molar-refractivity contribution in [3.05, 3.63) is 35.9 Å². The van der Waals surface area contributed by atoms with Gasteiger partial charge in [-0.15, -0.1) is 10.2 Å². The van der Waals surface area contributed by atoms with Crippen molar-refractivity contribution in [3.63, 3.8) is 0 Å². The van der Waals surface area contributed by atoms with Crippen LogP contribution in [0.15, 0.2) is 29.2 Å². The molecule has 1 aromatic carbocycles. The summed E-state index contributed by atoms with van der Waals surface area (Å²) in [6.45, 7) is 3.30. The number of ether oxygens (including phenoxy) is 1. The lowest BCUT2D eigenvalue weighted by molar-refractivity contribution is 0.239. The van der Waals surface area contributed by atoms with Crippen molar-refractivity contribution >= 4 is 10.0 Å². The molecule has 1 saturated heterocycles. The zero-order valence-electron chi connectivity index (χ0n) is 15.7. The minimum absolute atomic E-state index is 0.189. The Kier molecular flexibility index (Phi) is 4.92. The lowest BCUT2D eigenvalue weighted by Gasteiger charge is -2.31. The molecule has 0 radical (unpaired) electrons. The van der Waals surface area contributed by atoms with Crippen LogP contribution in [0.25, 0.3) is 0 Å². The maximum absolute atomic E-state index is 13.1. The van der Waals surface area contributed by atoms with E-state index in [0.29, 0.717) is 30.6 Å². The predicted molar refractivity (Wildman–Crippen MR) is 100 cm³/mol. The number of para-hydroxylation sites is 1. The van der Waals surface area contributed by atoms with Crippen LogP contribution in [-0.2, 0) is 23.1 Å². The van der Waals surface area contributed by atoms with E-state index in [4.69, 9.17) is 4.74 Å². The third-order valence-electron chi connectivity index (χ3n) is 5.42. The van der Waals surface area contributed by atoms with Crippen LogP contribution in [0.4, 0.5) is 0 Å². The molecule has 0 amide bonds. The Morgan fingerprint density at radius 1 is 1.15 bits per heavy atom. The number of methoxy groups -OCH3 is 1. The Hall–Kier alpha value is -1.97. The highest BCUT2D eigenvalue weighted by atomic mass is 32.2. The number of rotatable bonds is 4. The summed E-state index contributed by atoms with van der Waals surface area (Å²) >= 11 is 0. The zero-order chi connectivity index (χ0) is 19.0. The summed E-state index contributed by atoms with van der Waals surface area (Å²) in [6.07, 6.45) is 2.25. The maximum atomic E-state index is 13.1. The number of hydrogen-bond acceptors (Lipinski definition) is 6. The molecule has 4 rings (SSSR count). The summed E-state index contributed by atoms with van der Waals surface area (Å²) in [6, 6.07) is 6.71. The Bertz CT molecular complexity index is 927. The molecule has 0 unspecified atom stereocenters. The van der Waals surface area contributed by atoms with Crippen molar-refractivity contribution in [2.24, 2.45) is 0 Å². The van der Waals surface area contributed by atoms with E-state index in [0.717, 1.165) is 31.8 Å². The molecular weight excluding hydrogens is 366 g/mol. The number of likely N-dealkylation sites (N-methyl/N-ethyl adjacent to an activating group) is 1. The first-order chi connectivity index (χ1) is 13.0. The van der Waals surface area contributed by atoms with E-state index in [2.05, 4.69) is 26.7 Å². The minimum Gasteiger partial charge on any atom is -0.495 e. The van der Waals surface area contributed by atoms with E-state index in [9.17, 15) is 8.42 Å². The monoisotopic (exact) mass is 391 g/mol. The zero-order valence-corrected chi connectivity index (χ0v) is 16.5. The largest absolute Gasteiger partial charge is 0.495 e. The number of benzene rings is 1. The van der Waals surface area contributed by atoms with Crippen LogP contribution in [-0.4, -0.2) is 66.2 Å². The summed E-state index contributed by atoms with van der Waals surface area (Å²) in [5.74, 6) is 2.42. The van der Waals surface area contributed by atoms with E-state index in [1.54, 1.807) is 24.3 Å². The quantitative estimate of drug-likeness (QED) is 0.782. The van der Waals surface area contributed by atoms with E-state index >= 15 is 0 Å². The summed E-state index contributed by atoms with van der Waals surface area (Å²) in [5, 5.41) is 8.73. The van der Waals surface area contributed by atoms with E-state index in [1.165, 1.54) is 11.4 Å².